The number of carbonyl (C=O) groups excluding carboxylic acids is 1. The van der Waals surface area contributed by atoms with Gasteiger partial charge in [-0.25, -0.2) is 0 Å². The standard InChI is InChI=1S/C40H75NO3/c1-3-5-7-9-11-13-15-17-19-20-22-23-25-27-29-31-33-35-39(43)38(37-42)41-40(44)36-34-32-30-28-26-24-21-18-16-14-12-10-8-6-4-2/h6,8,12,14,18,21,38-39,42-43H,3-5,7,9-11,13,15-17,19-20,22-37H2,1-2H3,(H,41,44)/b8-6-,14-12-,21-18-. The Balaban J connectivity index is 3.58. The van der Waals surface area contributed by atoms with Crippen molar-refractivity contribution in [2.45, 2.75) is 206 Å². The van der Waals surface area contributed by atoms with E-state index in [1.807, 2.05) is 0 Å². The van der Waals surface area contributed by atoms with E-state index in [4.69, 9.17) is 0 Å². The fourth-order valence-corrected chi connectivity index (χ4v) is 5.73. The molecule has 0 heterocycles. The van der Waals surface area contributed by atoms with Crippen molar-refractivity contribution in [2.24, 2.45) is 0 Å². The van der Waals surface area contributed by atoms with E-state index in [9.17, 15) is 15.0 Å². The van der Waals surface area contributed by atoms with Gasteiger partial charge in [-0.1, -0.05) is 179 Å². The van der Waals surface area contributed by atoms with E-state index in [0.29, 0.717) is 12.8 Å². The van der Waals surface area contributed by atoms with E-state index in [1.54, 1.807) is 0 Å². The van der Waals surface area contributed by atoms with Crippen LogP contribution in [-0.4, -0.2) is 34.9 Å². The van der Waals surface area contributed by atoms with Gasteiger partial charge in [-0.15, -0.1) is 0 Å². The molecule has 0 radical (unpaired) electrons. The summed E-state index contributed by atoms with van der Waals surface area (Å²) in [6, 6.07) is -0.544. The van der Waals surface area contributed by atoms with Crippen molar-refractivity contribution in [2.75, 3.05) is 6.61 Å². The molecule has 44 heavy (non-hydrogen) atoms. The molecule has 0 saturated heterocycles. The van der Waals surface area contributed by atoms with Crippen LogP contribution < -0.4 is 5.32 Å². The first-order valence-corrected chi connectivity index (χ1v) is 19.2. The summed E-state index contributed by atoms with van der Waals surface area (Å²) in [6.07, 6.45) is 46.3. The van der Waals surface area contributed by atoms with Crippen molar-refractivity contribution in [1.29, 1.82) is 0 Å². The third-order valence-electron chi connectivity index (χ3n) is 8.67. The normalized spacial score (nSPS) is 13.5. The molecule has 0 aromatic carbocycles. The van der Waals surface area contributed by atoms with Crippen molar-refractivity contribution < 1.29 is 15.0 Å². The molecule has 258 valence electrons. The molecular weight excluding hydrogens is 542 g/mol. The van der Waals surface area contributed by atoms with Crippen molar-refractivity contribution in [3.63, 3.8) is 0 Å². The van der Waals surface area contributed by atoms with Crippen LogP contribution in [0.15, 0.2) is 36.5 Å². The third kappa shape index (κ3) is 32.0. The molecule has 0 aliphatic heterocycles. The van der Waals surface area contributed by atoms with Crippen LogP contribution in [0.3, 0.4) is 0 Å². The maximum Gasteiger partial charge on any atom is 0.220 e. The molecular formula is C40H75NO3. The van der Waals surface area contributed by atoms with Gasteiger partial charge in [-0.3, -0.25) is 4.79 Å². The Labute approximate surface area is 274 Å². The van der Waals surface area contributed by atoms with Crippen molar-refractivity contribution >= 4 is 5.91 Å². The van der Waals surface area contributed by atoms with E-state index >= 15 is 0 Å². The minimum Gasteiger partial charge on any atom is -0.394 e. The van der Waals surface area contributed by atoms with E-state index in [1.165, 1.54) is 109 Å². The highest BCUT2D eigenvalue weighted by Crippen LogP contribution is 2.15. The number of nitrogens with one attached hydrogen (secondary N) is 1. The van der Waals surface area contributed by atoms with Crippen molar-refractivity contribution in [3.8, 4) is 0 Å². The van der Waals surface area contributed by atoms with Gasteiger partial charge in [-0.05, 0) is 44.9 Å². The van der Waals surface area contributed by atoms with Crippen LogP contribution in [0, 0.1) is 0 Å². The molecule has 3 N–H and O–H groups in total. The summed E-state index contributed by atoms with van der Waals surface area (Å²) in [5.41, 5.74) is 0. The lowest BCUT2D eigenvalue weighted by molar-refractivity contribution is -0.123. The topological polar surface area (TPSA) is 69.6 Å². The maximum absolute atomic E-state index is 12.3. The molecule has 4 heteroatoms. The second-order valence-electron chi connectivity index (χ2n) is 13.0. The predicted octanol–water partition coefficient (Wildman–Crippen LogP) is 11.5. The van der Waals surface area contributed by atoms with Gasteiger partial charge in [0.05, 0.1) is 18.8 Å². The van der Waals surface area contributed by atoms with Crippen LogP contribution >= 0.6 is 0 Å². The molecule has 0 aliphatic rings. The summed E-state index contributed by atoms with van der Waals surface area (Å²) < 4.78 is 0. The van der Waals surface area contributed by atoms with Gasteiger partial charge in [0.15, 0.2) is 0 Å². The average molecular weight is 618 g/mol. The molecule has 0 rings (SSSR count). The van der Waals surface area contributed by atoms with E-state index in [0.717, 1.165) is 57.8 Å². The van der Waals surface area contributed by atoms with Crippen LogP contribution in [0.4, 0.5) is 0 Å². The molecule has 0 aromatic heterocycles. The highest BCUT2D eigenvalue weighted by Gasteiger charge is 2.19. The van der Waals surface area contributed by atoms with Gasteiger partial charge in [0.2, 0.25) is 5.91 Å². The molecule has 2 atom stereocenters. The monoisotopic (exact) mass is 618 g/mol. The van der Waals surface area contributed by atoms with Crippen LogP contribution in [-0.2, 0) is 4.79 Å². The first-order valence-electron chi connectivity index (χ1n) is 19.2. The first-order chi connectivity index (χ1) is 21.7. The number of hydrogen-bond donors (Lipinski definition) is 3. The summed E-state index contributed by atoms with van der Waals surface area (Å²) in [4.78, 5) is 12.3. The molecule has 2 unspecified atom stereocenters. The largest absolute Gasteiger partial charge is 0.394 e. The van der Waals surface area contributed by atoms with E-state index < -0.39 is 12.1 Å². The number of carbonyl (C=O) groups is 1. The van der Waals surface area contributed by atoms with Gasteiger partial charge in [0, 0.05) is 6.42 Å². The predicted molar refractivity (Wildman–Crippen MR) is 193 cm³/mol. The number of hydrogen-bond acceptors (Lipinski definition) is 3. The van der Waals surface area contributed by atoms with Crippen LogP contribution in [0.5, 0.6) is 0 Å². The van der Waals surface area contributed by atoms with Gasteiger partial charge in [-0.2, -0.15) is 0 Å². The zero-order valence-electron chi connectivity index (χ0n) is 29.4. The number of amides is 1. The highest BCUT2D eigenvalue weighted by atomic mass is 16.3. The molecule has 0 aliphatic carbocycles. The second kappa shape index (κ2) is 36.1. The lowest BCUT2D eigenvalue weighted by Gasteiger charge is -2.22. The first kappa shape index (κ1) is 42.6. The van der Waals surface area contributed by atoms with E-state index in [2.05, 4.69) is 55.6 Å². The smallest absolute Gasteiger partial charge is 0.220 e. The molecule has 1 amide bonds. The molecule has 0 saturated carbocycles. The number of aliphatic hydroxyl groups excluding tert-OH is 2. The zero-order valence-corrected chi connectivity index (χ0v) is 29.4. The minimum absolute atomic E-state index is 0.0494. The molecule has 0 fully saturated rings. The van der Waals surface area contributed by atoms with Gasteiger partial charge >= 0.3 is 0 Å². The summed E-state index contributed by atoms with van der Waals surface area (Å²) in [6.45, 7) is 4.23. The Hall–Kier alpha value is -1.39. The molecule has 0 bridgehead atoms. The highest BCUT2D eigenvalue weighted by molar-refractivity contribution is 5.76. The molecule has 0 aromatic rings. The third-order valence-corrected chi connectivity index (χ3v) is 8.67. The molecule has 4 nitrogen and oxygen atoms in total. The van der Waals surface area contributed by atoms with Gasteiger partial charge in [0.1, 0.15) is 0 Å². The Morgan fingerprint density at radius 3 is 1.50 bits per heavy atom. The quantitative estimate of drug-likeness (QED) is 0.0497. The van der Waals surface area contributed by atoms with Crippen LogP contribution in [0.2, 0.25) is 0 Å². The average Bonchev–Trinajstić information content (AvgIpc) is 3.03. The number of rotatable bonds is 34. The molecule has 0 spiro atoms. The summed E-state index contributed by atoms with van der Waals surface area (Å²) in [5, 5.41) is 23.1. The van der Waals surface area contributed by atoms with Crippen molar-refractivity contribution in [1.82, 2.24) is 5.32 Å². The van der Waals surface area contributed by atoms with Gasteiger partial charge in [0.25, 0.3) is 0 Å². The Morgan fingerprint density at radius 2 is 1.00 bits per heavy atom. The number of allylic oxidation sites excluding steroid dienone is 6. The second-order valence-corrected chi connectivity index (χ2v) is 13.0. The Kier molecular flexibility index (Phi) is 34.9. The maximum atomic E-state index is 12.3. The lowest BCUT2D eigenvalue weighted by atomic mass is 10.0. The zero-order chi connectivity index (χ0) is 32.2. The summed E-state index contributed by atoms with van der Waals surface area (Å²) in [5.74, 6) is -0.0494. The van der Waals surface area contributed by atoms with E-state index in [-0.39, 0.29) is 12.5 Å². The number of unbranched alkanes of at least 4 members (excludes halogenated alkanes) is 21. The SMILES string of the molecule is CC/C=C\C/C=C\C/C=C\CCCCCCCC(=O)NC(CO)C(O)CCCCCCCCCCCCCCCCCCC. The Bertz CT molecular complexity index is 672. The summed E-state index contributed by atoms with van der Waals surface area (Å²) in [7, 11) is 0. The van der Waals surface area contributed by atoms with Crippen molar-refractivity contribution in [3.05, 3.63) is 36.5 Å². The van der Waals surface area contributed by atoms with Crippen LogP contribution in [0.1, 0.15) is 194 Å². The fourth-order valence-electron chi connectivity index (χ4n) is 5.73. The fraction of sp³-hybridized carbons (Fsp3) is 0.825. The lowest BCUT2D eigenvalue weighted by Crippen LogP contribution is -2.45. The van der Waals surface area contributed by atoms with Crippen LogP contribution in [0.25, 0.3) is 0 Å². The minimum atomic E-state index is -0.665. The summed E-state index contributed by atoms with van der Waals surface area (Å²) >= 11 is 0. The van der Waals surface area contributed by atoms with Gasteiger partial charge < -0.3 is 15.5 Å². The number of aliphatic hydroxyl groups is 2. The Morgan fingerprint density at radius 1 is 0.568 bits per heavy atom.